The minimum absolute atomic E-state index is 0.00523. The first-order valence-corrected chi connectivity index (χ1v) is 12.1. The predicted molar refractivity (Wildman–Crippen MR) is 139 cm³/mol. The van der Waals surface area contributed by atoms with Gasteiger partial charge in [0.15, 0.2) is 0 Å². The van der Waals surface area contributed by atoms with Crippen LogP contribution in [0.5, 0.6) is 0 Å². The first-order chi connectivity index (χ1) is 17.1. The van der Waals surface area contributed by atoms with Crippen LogP contribution < -0.4 is 0 Å². The number of esters is 1. The minimum atomic E-state index is -0.395. The van der Waals surface area contributed by atoms with Crippen molar-refractivity contribution in [3.63, 3.8) is 0 Å². The number of rotatable bonds is 8. The van der Waals surface area contributed by atoms with Gasteiger partial charge in [0.2, 0.25) is 0 Å². The van der Waals surface area contributed by atoms with E-state index in [4.69, 9.17) is 4.74 Å². The van der Waals surface area contributed by atoms with Gasteiger partial charge in [-0.15, -0.1) is 0 Å². The van der Waals surface area contributed by atoms with E-state index in [9.17, 15) is 9.59 Å². The lowest BCUT2D eigenvalue weighted by Gasteiger charge is -2.17. The van der Waals surface area contributed by atoms with Crippen LogP contribution in [0, 0.1) is 5.92 Å². The number of carbonyl (C=O) groups excluding carboxylic acids is 2. The van der Waals surface area contributed by atoms with Crippen LogP contribution in [-0.2, 0) is 20.7 Å². The van der Waals surface area contributed by atoms with Crippen LogP contribution in [0.2, 0.25) is 0 Å². The van der Waals surface area contributed by atoms with Gasteiger partial charge in [-0.05, 0) is 52.3 Å². The van der Waals surface area contributed by atoms with E-state index >= 15 is 0 Å². The molecule has 1 atom stereocenters. The lowest BCUT2D eigenvalue weighted by atomic mass is 9.92. The SMILES string of the molecule is CC(=O)[C@@H](CC(=O)OCC1c2ccccc2-c2ccccc21)Cc1ccc(-c2ccccc2)cc1. The molecule has 4 aromatic carbocycles. The molecule has 0 saturated carbocycles. The molecule has 174 valence electrons. The van der Waals surface area contributed by atoms with Crippen molar-refractivity contribution in [1.82, 2.24) is 0 Å². The van der Waals surface area contributed by atoms with E-state index in [2.05, 4.69) is 48.5 Å². The van der Waals surface area contributed by atoms with E-state index in [0.29, 0.717) is 6.42 Å². The summed E-state index contributed by atoms with van der Waals surface area (Å²) in [4.78, 5) is 25.1. The van der Waals surface area contributed by atoms with Crippen molar-refractivity contribution in [2.75, 3.05) is 6.61 Å². The van der Waals surface area contributed by atoms with Gasteiger partial charge in [-0.3, -0.25) is 9.59 Å². The van der Waals surface area contributed by atoms with Crippen molar-refractivity contribution in [1.29, 1.82) is 0 Å². The summed E-state index contributed by atoms with van der Waals surface area (Å²) in [7, 11) is 0. The highest BCUT2D eigenvalue weighted by molar-refractivity contribution is 5.84. The van der Waals surface area contributed by atoms with Gasteiger partial charge in [-0.25, -0.2) is 0 Å². The van der Waals surface area contributed by atoms with E-state index in [0.717, 1.165) is 16.7 Å². The second kappa shape index (κ2) is 10.1. The number of hydrogen-bond donors (Lipinski definition) is 0. The first-order valence-electron chi connectivity index (χ1n) is 12.1. The third-order valence-corrected chi connectivity index (χ3v) is 6.90. The fraction of sp³-hybridized carbons (Fsp3) is 0.188. The summed E-state index contributed by atoms with van der Waals surface area (Å²) < 4.78 is 5.74. The summed E-state index contributed by atoms with van der Waals surface area (Å²) in [5.41, 5.74) is 8.09. The van der Waals surface area contributed by atoms with Crippen molar-refractivity contribution in [2.45, 2.75) is 25.7 Å². The molecule has 5 rings (SSSR count). The molecule has 0 aromatic heterocycles. The van der Waals surface area contributed by atoms with Gasteiger partial charge >= 0.3 is 5.97 Å². The Morgan fingerprint density at radius 1 is 0.714 bits per heavy atom. The van der Waals surface area contributed by atoms with E-state index in [1.807, 2.05) is 54.6 Å². The molecule has 0 saturated heterocycles. The Kier molecular flexibility index (Phi) is 6.58. The van der Waals surface area contributed by atoms with Gasteiger partial charge < -0.3 is 4.74 Å². The van der Waals surface area contributed by atoms with Crippen LogP contribution in [-0.4, -0.2) is 18.4 Å². The van der Waals surface area contributed by atoms with Gasteiger partial charge in [0.1, 0.15) is 12.4 Å². The smallest absolute Gasteiger partial charge is 0.306 e. The van der Waals surface area contributed by atoms with Crippen LogP contribution in [0.15, 0.2) is 103 Å². The van der Waals surface area contributed by atoms with Gasteiger partial charge in [-0.2, -0.15) is 0 Å². The van der Waals surface area contributed by atoms with Crippen molar-refractivity contribution < 1.29 is 14.3 Å². The summed E-state index contributed by atoms with van der Waals surface area (Å²) in [5.74, 6) is -0.695. The Hall–Kier alpha value is -3.98. The van der Waals surface area contributed by atoms with E-state index < -0.39 is 5.92 Å². The maximum absolute atomic E-state index is 12.8. The molecular formula is C32H28O3. The number of Topliss-reactive ketones (excluding diaryl/α,β-unsaturated/α-hetero) is 1. The molecule has 4 aromatic rings. The van der Waals surface area contributed by atoms with Gasteiger partial charge in [0, 0.05) is 11.8 Å². The normalized spacial score (nSPS) is 13.1. The minimum Gasteiger partial charge on any atom is -0.465 e. The van der Waals surface area contributed by atoms with Crippen LogP contribution >= 0.6 is 0 Å². The zero-order valence-corrected chi connectivity index (χ0v) is 19.8. The Bertz CT molecular complexity index is 1290. The number of benzene rings is 4. The summed E-state index contributed by atoms with van der Waals surface area (Å²) in [6.45, 7) is 1.84. The van der Waals surface area contributed by atoms with E-state index in [1.54, 1.807) is 6.92 Å². The Morgan fingerprint density at radius 3 is 1.86 bits per heavy atom. The molecular weight excluding hydrogens is 432 g/mol. The average Bonchev–Trinajstić information content (AvgIpc) is 3.21. The van der Waals surface area contributed by atoms with Crippen molar-refractivity contribution in [3.05, 3.63) is 120 Å². The summed E-state index contributed by atoms with van der Waals surface area (Å²) >= 11 is 0. The highest BCUT2D eigenvalue weighted by Gasteiger charge is 2.29. The second-order valence-electron chi connectivity index (χ2n) is 9.19. The van der Waals surface area contributed by atoms with Crippen LogP contribution in [0.25, 0.3) is 22.3 Å². The largest absolute Gasteiger partial charge is 0.465 e. The zero-order valence-electron chi connectivity index (χ0n) is 19.8. The highest BCUT2D eigenvalue weighted by Crippen LogP contribution is 2.44. The molecule has 0 N–H and O–H groups in total. The standard InChI is InChI=1S/C32H28O3/c1-22(33)26(19-23-15-17-25(18-16-23)24-9-3-2-4-10-24)20-32(34)35-21-31-29-13-7-5-11-27(29)28-12-6-8-14-30(28)31/h2-18,26,31H,19-21H2,1H3/t26-/m1/s1. The summed E-state index contributed by atoms with van der Waals surface area (Å²) in [5, 5.41) is 0. The lowest BCUT2D eigenvalue weighted by Crippen LogP contribution is -2.21. The van der Waals surface area contributed by atoms with Gasteiger partial charge in [0.05, 0.1) is 6.42 Å². The summed E-state index contributed by atoms with van der Waals surface area (Å²) in [6.07, 6.45) is 0.611. The third kappa shape index (κ3) is 4.95. The molecule has 0 bridgehead atoms. The number of fused-ring (bicyclic) bond motifs is 3. The second-order valence-corrected chi connectivity index (χ2v) is 9.19. The molecule has 3 nitrogen and oxygen atoms in total. The molecule has 0 fully saturated rings. The van der Waals surface area contributed by atoms with Crippen molar-refractivity contribution >= 4 is 11.8 Å². The quantitative estimate of drug-likeness (QED) is 0.270. The number of ether oxygens (including phenoxy) is 1. The highest BCUT2D eigenvalue weighted by atomic mass is 16.5. The Morgan fingerprint density at radius 2 is 1.26 bits per heavy atom. The zero-order chi connectivity index (χ0) is 24.2. The molecule has 3 heteroatoms. The number of ketones is 1. The molecule has 0 spiro atoms. The summed E-state index contributed by atoms with van der Waals surface area (Å²) in [6, 6.07) is 34.9. The fourth-order valence-electron chi connectivity index (χ4n) is 4.98. The molecule has 0 unspecified atom stereocenters. The average molecular weight is 461 g/mol. The predicted octanol–water partition coefficient (Wildman–Crippen LogP) is 6.85. The topological polar surface area (TPSA) is 43.4 Å². The monoisotopic (exact) mass is 460 g/mol. The van der Waals surface area contributed by atoms with Gasteiger partial charge in [0.25, 0.3) is 0 Å². The van der Waals surface area contributed by atoms with Crippen LogP contribution in [0.3, 0.4) is 0 Å². The van der Waals surface area contributed by atoms with Crippen molar-refractivity contribution in [3.8, 4) is 22.3 Å². The third-order valence-electron chi connectivity index (χ3n) is 6.90. The van der Waals surface area contributed by atoms with Crippen LogP contribution in [0.4, 0.5) is 0 Å². The molecule has 0 heterocycles. The lowest BCUT2D eigenvalue weighted by molar-refractivity contribution is -0.146. The molecule has 1 aliphatic carbocycles. The Balaban J connectivity index is 1.23. The molecule has 0 radical (unpaired) electrons. The molecule has 35 heavy (non-hydrogen) atoms. The Labute approximate surface area is 206 Å². The number of hydrogen-bond acceptors (Lipinski definition) is 3. The maximum atomic E-state index is 12.8. The van der Waals surface area contributed by atoms with E-state index in [-0.39, 0.29) is 30.7 Å². The van der Waals surface area contributed by atoms with Crippen molar-refractivity contribution in [2.24, 2.45) is 5.92 Å². The van der Waals surface area contributed by atoms with Crippen LogP contribution in [0.1, 0.15) is 36.0 Å². The fourth-order valence-corrected chi connectivity index (χ4v) is 4.98. The molecule has 0 aliphatic heterocycles. The molecule has 1 aliphatic rings. The maximum Gasteiger partial charge on any atom is 0.306 e. The molecule has 0 amide bonds. The van der Waals surface area contributed by atoms with Gasteiger partial charge in [-0.1, -0.05) is 103 Å². The number of carbonyl (C=O) groups is 2. The first kappa shape index (κ1) is 22.8. The van der Waals surface area contributed by atoms with E-state index in [1.165, 1.54) is 22.3 Å².